The molecule has 0 aliphatic carbocycles. The van der Waals surface area contributed by atoms with Gasteiger partial charge in [-0.2, -0.15) is 0 Å². The van der Waals surface area contributed by atoms with E-state index in [2.05, 4.69) is 10.3 Å². The van der Waals surface area contributed by atoms with E-state index in [9.17, 15) is 9.59 Å². The molecule has 1 unspecified atom stereocenters. The molecule has 3 rings (SSSR count). The van der Waals surface area contributed by atoms with Crippen molar-refractivity contribution in [3.63, 3.8) is 0 Å². The second-order valence-electron chi connectivity index (χ2n) is 6.14. The van der Waals surface area contributed by atoms with Crippen molar-refractivity contribution in [2.24, 2.45) is 5.73 Å². The Morgan fingerprint density at radius 1 is 1.48 bits per heavy atom. The van der Waals surface area contributed by atoms with E-state index in [4.69, 9.17) is 10.2 Å². The van der Waals surface area contributed by atoms with E-state index >= 15 is 0 Å². The lowest BCUT2D eigenvalue weighted by molar-refractivity contribution is -0.133. The van der Waals surface area contributed by atoms with Crippen molar-refractivity contribution in [2.45, 2.75) is 38.6 Å². The number of hydrogen-bond acceptors (Lipinski definition) is 6. The zero-order valence-corrected chi connectivity index (χ0v) is 15.0. The normalized spacial score (nSPS) is 17.5. The molecule has 1 aliphatic rings. The minimum atomic E-state index is -0.266. The van der Waals surface area contributed by atoms with Gasteiger partial charge in [-0.05, 0) is 32.3 Å². The highest BCUT2D eigenvalue weighted by molar-refractivity contribution is 7.14. The van der Waals surface area contributed by atoms with Crippen LogP contribution in [0.25, 0.3) is 0 Å². The van der Waals surface area contributed by atoms with Gasteiger partial charge < -0.3 is 15.1 Å². The predicted octanol–water partition coefficient (Wildman–Crippen LogP) is 2.18. The highest BCUT2D eigenvalue weighted by atomic mass is 32.1. The number of carbonyl (C=O) groups is 2. The third-order valence-corrected chi connectivity index (χ3v) is 5.23. The van der Waals surface area contributed by atoms with Crippen LogP contribution >= 0.6 is 11.3 Å². The molecule has 0 spiro atoms. The van der Waals surface area contributed by atoms with Gasteiger partial charge in [0, 0.05) is 24.5 Å². The van der Waals surface area contributed by atoms with Crippen molar-refractivity contribution in [3.05, 3.63) is 34.7 Å². The molecule has 2 aromatic rings. The molecule has 0 radical (unpaired) electrons. The van der Waals surface area contributed by atoms with E-state index in [1.165, 1.54) is 17.6 Å². The van der Waals surface area contributed by atoms with Crippen LogP contribution in [0.2, 0.25) is 0 Å². The molecule has 1 atom stereocenters. The summed E-state index contributed by atoms with van der Waals surface area (Å²) in [7, 11) is 0. The number of amides is 2. The van der Waals surface area contributed by atoms with Gasteiger partial charge in [-0.3, -0.25) is 14.9 Å². The summed E-state index contributed by atoms with van der Waals surface area (Å²) in [6, 6.07) is 1.74. The highest BCUT2D eigenvalue weighted by Crippen LogP contribution is 2.21. The van der Waals surface area contributed by atoms with E-state index in [1.54, 1.807) is 18.4 Å². The topological polar surface area (TPSA) is 101 Å². The van der Waals surface area contributed by atoms with Gasteiger partial charge in [-0.1, -0.05) is 0 Å². The number of carbonyl (C=O) groups excluding carboxylic acids is 2. The summed E-state index contributed by atoms with van der Waals surface area (Å²) in [5.41, 5.74) is 6.92. The molecule has 134 valence electrons. The lowest BCUT2D eigenvalue weighted by Gasteiger charge is -2.35. The third kappa shape index (κ3) is 4.08. The molecule has 7 nitrogen and oxygen atoms in total. The number of nitrogens with two attached hydrogens (primary N) is 1. The van der Waals surface area contributed by atoms with Gasteiger partial charge in [0.15, 0.2) is 5.13 Å². The van der Waals surface area contributed by atoms with Gasteiger partial charge >= 0.3 is 0 Å². The Hall–Kier alpha value is -2.19. The van der Waals surface area contributed by atoms with Crippen molar-refractivity contribution in [2.75, 3.05) is 18.4 Å². The summed E-state index contributed by atoms with van der Waals surface area (Å²) in [5, 5.41) is 5.02. The van der Waals surface area contributed by atoms with Crippen LogP contribution in [0.5, 0.6) is 0 Å². The van der Waals surface area contributed by atoms with E-state index in [0.717, 1.165) is 25.8 Å². The zero-order chi connectivity index (χ0) is 17.8. The second-order valence-corrected chi connectivity index (χ2v) is 7.00. The fourth-order valence-corrected chi connectivity index (χ4v) is 3.77. The average Bonchev–Trinajstić information content (AvgIpc) is 3.23. The first-order valence-electron chi connectivity index (χ1n) is 8.38. The Morgan fingerprint density at radius 3 is 3.04 bits per heavy atom. The Bertz CT molecular complexity index is 755. The number of hydrogen-bond donors (Lipinski definition) is 2. The molecule has 2 amide bonds. The standard InChI is InChI=1S/C17H22N4O3S/c1-11-14(5-7-24-11)16(23)20-17-19-12(10-25-17)8-15(22)21-6-3-2-4-13(21)9-18/h5,7,10,13H,2-4,6,8-9,18H2,1H3,(H,19,20,23). The summed E-state index contributed by atoms with van der Waals surface area (Å²) in [6.07, 6.45) is 4.80. The third-order valence-electron chi connectivity index (χ3n) is 4.43. The number of nitrogens with zero attached hydrogens (tertiary/aromatic N) is 2. The first kappa shape index (κ1) is 17.6. The van der Waals surface area contributed by atoms with Crippen molar-refractivity contribution in [1.29, 1.82) is 0 Å². The van der Waals surface area contributed by atoms with E-state index in [-0.39, 0.29) is 24.3 Å². The fourth-order valence-electron chi connectivity index (χ4n) is 3.06. The molecular formula is C17H22N4O3S. The van der Waals surface area contributed by atoms with Gasteiger partial charge in [0.2, 0.25) is 5.91 Å². The number of furan rings is 1. The molecule has 0 bridgehead atoms. The maximum Gasteiger partial charge on any atom is 0.260 e. The minimum absolute atomic E-state index is 0.0454. The Balaban J connectivity index is 1.60. The van der Waals surface area contributed by atoms with Crippen LogP contribution < -0.4 is 11.1 Å². The second kappa shape index (κ2) is 7.79. The van der Waals surface area contributed by atoms with Crippen LogP contribution in [-0.2, 0) is 11.2 Å². The van der Waals surface area contributed by atoms with Crippen molar-refractivity contribution in [1.82, 2.24) is 9.88 Å². The van der Waals surface area contributed by atoms with Gasteiger partial charge in [-0.25, -0.2) is 4.98 Å². The highest BCUT2D eigenvalue weighted by Gasteiger charge is 2.26. The van der Waals surface area contributed by atoms with Crippen LogP contribution in [0.1, 0.15) is 41.1 Å². The first-order chi connectivity index (χ1) is 12.1. The van der Waals surface area contributed by atoms with Gasteiger partial charge in [0.05, 0.1) is 23.9 Å². The Kier molecular flexibility index (Phi) is 5.50. The number of likely N-dealkylation sites (tertiary alicyclic amines) is 1. The number of piperidine rings is 1. The summed E-state index contributed by atoms with van der Waals surface area (Å²) in [5.74, 6) is 0.337. The number of nitrogens with one attached hydrogen (secondary N) is 1. The zero-order valence-electron chi connectivity index (χ0n) is 14.2. The van der Waals surface area contributed by atoms with E-state index in [1.807, 2.05) is 4.90 Å². The number of aromatic nitrogens is 1. The molecule has 2 aromatic heterocycles. The predicted molar refractivity (Wildman–Crippen MR) is 95.6 cm³/mol. The molecule has 8 heteroatoms. The summed E-state index contributed by atoms with van der Waals surface area (Å²) >= 11 is 1.31. The van der Waals surface area contributed by atoms with Crippen molar-refractivity contribution in [3.8, 4) is 0 Å². The van der Waals surface area contributed by atoms with E-state index < -0.39 is 0 Å². The molecule has 25 heavy (non-hydrogen) atoms. The lowest BCUT2D eigenvalue weighted by Crippen LogP contribution is -2.48. The summed E-state index contributed by atoms with van der Waals surface area (Å²) < 4.78 is 5.13. The monoisotopic (exact) mass is 362 g/mol. The Morgan fingerprint density at radius 2 is 2.32 bits per heavy atom. The first-order valence-corrected chi connectivity index (χ1v) is 9.26. The van der Waals surface area contributed by atoms with Crippen LogP contribution in [-0.4, -0.2) is 40.8 Å². The van der Waals surface area contributed by atoms with Crippen LogP contribution in [0, 0.1) is 6.92 Å². The SMILES string of the molecule is Cc1occc1C(=O)Nc1nc(CC(=O)N2CCCCC2CN)cs1. The van der Waals surface area contributed by atoms with Crippen LogP contribution in [0.15, 0.2) is 22.1 Å². The van der Waals surface area contributed by atoms with Gasteiger partial charge in [0.1, 0.15) is 5.76 Å². The van der Waals surface area contributed by atoms with Gasteiger partial charge in [-0.15, -0.1) is 11.3 Å². The van der Waals surface area contributed by atoms with E-state index in [0.29, 0.717) is 28.7 Å². The van der Waals surface area contributed by atoms with Crippen molar-refractivity contribution < 1.29 is 14.0 Å². The molecule has 1 saturated heterocycles. The maximum atomic E-state index is 12.5. The molecule has 1 aliphatic heterocycles. The maximum absolute atomic E-state index is 12.5. The average molecular weight is 362 g/mol. The van der Waals surface area contributed by atoms with Crippen LogP contribution in [0.4, 0.5) is 5.13 Å². The fraction of sp³-hybridized carbons (Fsp3) is 0.471. The van der Waals surface area contributed by atoms with Crippen LogP contribution in [0.3, 0.4) is 0 Å². The summed E-state index contributed by atoms with van der Waals surface area (Å²) in [4.78, 5) is 30.9. The number of thiazole rings is 1. The summed E-state index contributed by atoms with van der Waals surface area (Å²) in [6.45, 7) is 2.98. The molecule has 0 saturated carbocycles. The van der Waals surface area contributed by atoms with Crippen molar-refractivity contribution >= 4 is 28.3 Å². The smallest absolute Gasteiger partial charge is 0.260 e. The lowest BCUT2D eigenvalue weighted by atomic mass is 10.0. The molecule has 3 heterocycles. The molecule has 1 fully saturated rings. The quantitative estimate of drug-likeness (QED) is 0.849. The largest absolute Gasteiger partial charge is 0.469 e. The Labute approximate surface area is 150 Å². The molecular weight excluding hydrogens is 340 g/mol. The molecule has 0 aromatic carbocycles. The minimum Gasteiger partial charge on any atom is -0.469 e. The number of rotatable bonds is 5. The number of anilines is 1. The number of aryl methyl sites for hydroxylation is 1. The van der Waals surface area contributed by atoms with Gasteiger partial charge in [0.25, 0.3) is 5.91 Å². The molecule has 3 N–H and O–H groups in total.